The van der Waals surface area contributed by atoms with Crippen molar-refractivity contribution in [3.8, 4) is 10.7 Å². The number of hydrogen-bond acceptors (Lipinski definition) is 5. The number of carbonyl (C=O) groups is 1. The molecule has 0 bridgehead atoms. The zero-order valence-corrected chi connectivity index (χ0v) is 15.9. The number of thiophene rings is 1. The molecule has 124 valence electrons. The van der Waals surface area contributed by atoms with Crippen LogP contribution in [0.25, 0.3) is 10.7 Å². The zero-order chi connectivity index (χ0) is 16.9. The topological polar surface area (TPSA) is 73.8 Å². The van der Waals surface area contributed by atoms with E-state index in [1.165, 1.54) is 5.56 Å². The van der Waals surface area contributed by atoms with E-state index >= 15 is 0 Å². The second-order valence-electron chi connectivity index (χ2n) is 5.07. The summed E-state index contributed by atoms with van der Waals surface area (Å²) in [6.45, 7) is 0.483. The first-order valence-corrected chi connectivity index (χ1v) is 9.92. The average molecular weight is 423 g/mol. The maximum absolute atomic E-state index is 11.2. The fourth-order valence-corrected chi connectivity index (χ4v) is 4.25. The molecule has 24 heavy (non-hydrogen) atoms. The van der Waals surface area contributed by atoms with Crippen LogP contribution >= 0.6 is 39.0 Å². The van der Waals surface area contributed by atoms with Gasteiger partial charge in [0.25, 0.3) is 0 Å². The lowest BCUT2D eigenvalue weighted by atomic mass is 10.2. The molecule has 3 aromatic rings. The van der Waals surface area contributed by atoms with Crippen molar-refractivity contribution in [1.29, 1.82) is 0 Å². The van der Waals surface area contributed by atoms with Crippen LogP contribution in [0.2, 0.25) is 0 Å². The van der Waals surface area contributed by atoms with Crippen molar-refractivity contribution in [2.24, 2.45) is 5.73 Å². The molecule has 0 spiro atoms. The van der Waals surface area contributed by atoms with Gasteiger partial charge in [-0.2, -0.15) is 0 Å². The first-order chi connectivity index (χ1) is 11.6. The first-order valence-electron chi connectivity index (χ1n) is 7.26. The van der Waals surface area contributed by atoms with E-state index in [2.05, 4.69) is 38.3 Å². The Morgan fingerprint density at radius 2 is 2.17 bits per heavy atom. The summed E-state index contributed by atoms with van der Waals surface area (Å²) in [4.78, 5) is 12.2. The lowest BCUT2D eigenvalue weighted by molar-refractivity contribution is -0.118. The highest BCUT2D eigenvalue weighted by atomic mass is 79.9. The molecule has 2 N–H and O–H groups in total. The molecule has 0 unspecified atom stereocenters. The molecule has 0 aliphatic heterocycles. The van der Waals surface area contributed by atoms with Crippen molar-refractivity contribution in [2.45, 2.75) is 23.9 Å². The molecule has 0 atom stereocenters. The fourth-order valence-electron chi connectivity index (χ4n) is 2.18. The highest BCUT2D eigenvalue weighted by Gasteiger charge is 2.15. The molecule has 0 aliphatic rings. The van der Waals surface area contributed by atoms with Crippen molar-refractivity contribution in [3.05, 3.63) is 51.8 Å². The largest absolute Gasteiger partial charge is 0.370 e. The Morgan fingerprint density at radius 1 is 1.29 bits per heavy atom. The Kier molecular flexibility index (Phi) is 5.70. The Labute approximate surface area is 156 Å². The minimum Gasteiger partial charge on any atom is -0.370 e. The van der Waals surface area contributed by atoms with Crippen molar-refractivity contribution >= 4 is 44.9 Å². The molecular weight excluding hydrogens is 408 g/mol. The molecule has 1 amide bonds. The Bertz CT molecular complexity index is 832. The SMILES string of the molecule is NC(=O)CCn1c(SCc2cccc(Br)c2)nnc1-c1cccs1. The molecule has 0 fully saturated rings. The van der Waals surface area contributed by atoms with E-state index in [0.717, 1.165) is 26.1 Å². The van der Waals surface area contributed by atoms with Gasteiger partial charge in [-0.25, -0.2) is 0 Å². The van der Waals surface area contributed by atoms with Crippen LogP contribution in [0.1, 0.15) is 12.0 Å². The molecule has 0 radical (unpaired) electrons. The monoisotopic (exact) mass is 422 g/mol. The number of aromatic nitrogens is 3. The Morgan fingerprint density at radius 3 is 2.88 bits per heavy atom. The average Bonchev–Trinajstić information content (AvgIpc) is 3.20. The van der Waals surface area contributed by atoms with Crippen LogP contribution in [0.5, 0.6) is 0 Å². The van der Waals surface area contributed by atoms with Gasteiger partial charge in [-0.15, -0.1) is 21.5 Å². The zero-order valence-electron chi connectivity index (χ0n) is 12.7. The van der Waals surface area contributed by atoms with Crippen LogP contribution in [-0.2, 0) is 17.1 Å². The predicted octanol–water partition coefficient (Wildman–Crippen LogP) is 3.94. The molecule has 5 nitrogen and oxygen atoms in total. The van der Waals surface area contributed by atoms with E-state index in [4.69, 9.17) is 5.73 Å². The van der Waals surface area contributed by atoms with Gasteiger partial charge < -0.3 is 10.3 Å². The maximum Gasteiger partial charge on any atom is 0.219 e. The summed E-state index contributed by atoms with van der Waals surface area (Å²) in [6, 6.07) is 12.1. The van der Waals surface area contributed by atoms with Gasteiger partial charge in [0.05, 0.1) is 4.88 Å². The third-order valence-corrected chi connectivity index (χ3v) is 5.69. The first kappa shape index (κ1) is 17.2. The van der Waals surface area contributed by atoms with Crippen molar-refractivity contribution in [3.63, 3.8) is 0 Å². The molecule has 0 aliphatic carbocycles. The van der Waals surface area contributed by atoms with E-state index in [9.17, 15) is 4.79 Å². The van der Waals surface area contributed by atoms with Crippen LogP contribution in [0.15, 0.2) is 51.4 Å². The fraction of sp³-hybridized carbons (Fsp3) is 0.188. The van der Waals surface area contributed by atoms with Gasteiger partial charge in [0.15, 0.2) is 11.0 Å². The van der Waals surface area contributed by atoms with Gasteiger partial charge in [0.1, 0.15) is 0 Å². The number of halogens is 1. The number of nitrogens with two attached hydrogens (primary N) is 1. The van der Waals surface area contributed by atoms with E-state index in [1.54, 1.807) is 23.1 Å². The van der Waals surface area contributed by atoms with Crippen LogP contribution in [0.4, 0.5) is 0 Å². The van der Waals surface area contributed by atoms with Crippen LogP contribution in [0, 0.1) is 0 Å². The lowest BCUT2D eigenvalue weighted by Crippen LogP contribution is -2.14. The van der Waals surface area contributed by atoms with Crippen molar-refractivity contribution in [1.82, 2.24) is 14.8 Å². The third-order valence-electron chi connectivity index (χ3n) is 3.30. The molecule has 0 saturated carbocycles. The maximum atomic E-state index is 11.2. The molecule has 1 aromatic carbocycles. The van der Waals surface area contributed by atoms with Crippen LogP contribution in [-0.4, -0.2) is 20.7 Å². The Hall–Kier alpha value is -1.64. The smallest absolute Gasteiger partial charge is 0.219 e. The van der Waals surface area contributed by atoms with E-state index < -0.39 is 0 Å². The number of carbonyl (C=O) groups excluding carboxylic acids is 1. The minimum absolute atomic E-state index is 0.265. The van der Waals surface area contributed by atoms with E-state index in [1.807, 2.05) is 34.2 Å². The summed E-state index contributed by atoms with van der Waals surface area (Å²) in [5, 5.41) is 11.4. The summed E-state index contributed by atoms with van der Waals surface area (Å²) in [7, 11) is 0. The predicted molar refractivity (Wildman–Crippen MR) is 101 cm³/mol. The second-order valence-corrected chi connectivity index (χ2v) is 7.88. The summed E-state index contributed by atoms with van der Waals surface area (Å²) in [5.74, 6) is 1.23. The number of nitrogens with zero attached hydrogens (tertiary/aromatic N) is 3. The molecule has 2 heterocycles. The summed E-state index contributed by atoms with van der Waals surface area (Å²) >= 11 is 6.68. The van der Waals surface area contributed by atoms with Gasteiger partial charge in [-0.05, 0) is 29.1 Å². The normalized spacial score (nSPS) is 10.9. The van der Waals surface area contributed by atoms with Crippen molar-refractivity contribution < 1.29 is 4.79 Å². The number of thioether (sulfide) groups is 1. The summed E-state index contributed by atoms with van der Waals surface area (Å²) in [5.41, 5.74) is 6.50. The molecule has 3 rings (SSSR count). The number of rotatable bonds is 7. The number of hydrogen-bond donors (Lipinski definition) is 1. The minimum atomic E-state index is -0.330. The van der Waals surface area contributed by atoms with Crippen molar-refractivity contribution in [2.75, 3.05) is 0 Å². The summed E-state index contributed by atoms with van der Waals surface area (Å²) in [6.07, 6.45) is 0.265. The highest BCUT2D eigenvalue weighted by Crippen LogP contribution is 2.29. The number of benzene rings is 1. The number of amides is 1. The lowest BCUT2D eigenvalue weighted by Gasteiger charge is -2.08. The van der Waals surface area contributed by atoms with E-state index in [-0.39, 0.29) is 12.3 Å². The number of primary amides is 1. The Balaban J connectivity index is 1.82. The molecular formula is C16H15BrN4OS2. The van der Waals surface area contributed by atoms with Crippen LogP contribution in [0.3, 0.4) is 0 Å². The molecule has 2 aromatic heterocycles. The van der Waals surface area contributed by atoms with Gasteiger partial charge >= 0.3 is 0 Å². The summed E-state index contributed by atoms with van der Waals surface area (Å²) < 4.78 is 3.02. The van der Waals surface area contributed by atoms with Gasteiger partial charge in [0.2, 0.25) is 5.91 Å². The van der Waals surface area contributed by atoms with E-state index in [0.29, 0.717) is 6.54 Å². The van der Waals surface area contributed by atoms with Gasteiger partial charge in [-0.1, -0.05) is 45.9 Å². The standard InChI is InChI=1S/C16H15BrN4OS2/c17-12-4-1-3-11(9-12)10-24-16-20-19-15(13-5-2-8-23-13)21(16)7-6-14(18)22/h1-5,8-9H,6-7,10H2,(H2,18,22). The molecule has 0 saturated heterocycles. The van der Waals surface area contributed by atoms with Crippen LogP contribution < -0.4 is 5.73 Å². The third kappa shape index (κ3) is 4.25. The highest BCUT2D eigenvalue weighted by molar-refractivity contribution is 9.10. The van der Waals surface area contributed by atoms with Gasteiger partial charge in [-0.3, -0.25) is 4.79 Å². The quantitative estimate of drug-likeness (QED) is 0.585. The second kappa shape index (κ2) is 7.96. The van der Waals surface area contributed by atoms with Gasteiger partial charge in [0, 0.05) is 23.2 Å². The molecule has 8 heteroatoms.